The Morgan fingerprint density at radius 2 is 0.980 bits per heavy atom. The Hall–Kier alpha value is -3.44. The third-order valence-electron chi connectivity index (χ3n) is 11.7. The number of halogens is 2. The van der Waals surface area contributed by atoms with Crippen LogP contribution in [-0.2, 0) is 11.3 Å². The van der Waals surface area contributed by atoms with Gasteiger partial charge in [0.15, 0.2) is 0 Å². The van der Waals surface area contributed by atoms with Gasteiger partial charge in [0, 0.05) is 0 Å². The molecule has 0 aliphatic heterocycles. The van der Waals surface area contributed by atoms with Crippen LogP contribution in [0.25, 0.3) is 32.7 Å². The molecule has 2 aliphatic carbocycles. The normalized spacial score (nSPS) is 16.4. The molecule has 1 atom stereocenters. The molecule has 0 heterocycles. The van der Waals surface area contributed by atoms with Gasteiger partial charge < -0.3 is 0 Å². The quantitative estimate of drug-likeness (QED) is 0.110. The van der Waals surface area contributed by atoms with Gasteiger partial charge in [0.25, 0.3) is 0 Å². The molecule has 4 heteroatoms. The Balaban J connectivity index is 1.42. The molecule has 6 aromatic rings. The summed E-state index contributed by atoms with van der Waals surface area (Å²) in [5, 5.41) is 4.14. The van der Waals surface area contributed by atoms with Crippen LogP contribution < -0.4 is 0 Å². The zero-order valence-corrected chi connectivity index (χ0v) is 30.8. The van der Waals surface area contributed by atoms with E-state index in [-0.39, 0.29) is 19.6 Å². The Labute approximate surface area is 299 Å². The van der Waals surface area contributed by atoms with E-state index in [4.69, 9.17) is 0 Å². The zero-order chi connectivity index (χ0) is 34.1. The predicted molar refractivity (Wildman–Crippen MR) is 214 cm³/mol. The molecule has 1 unspecified atom stereocenters. The minimum Gasteiger partial charge on any atom is -0.207 e. The second-order valence-corrected chi connectivity index (χ2v) is 18.3. The fraction of sp³-hybridized carbons (Fsp3) is 0.304. The standard InChI is InChI=1S/C46H46F2P2/c47-37-26-22-35(23-27-37)46(49,36-24-28-38(48)29-25-36)43-30-21-33-12-8-10-18-42(33)45(43)44-34(20-19-32-11-7-9-17-41(32)44)31-50(39-13-3-1-4-14-39)40-15-5-2-6-16-40/h7-12,17-30,39-40H,1-6,13-16,31,49H2. The molecule has 254 valence electrons. The van der Waals surface area contributed by atoms with Crippen LogP contribution in [-0.4, -0.2) is 11.3 Å². The van der Waals surface area contributed by atoms with Gasteiger partial charge in [-0.05, 0) is 122 Å². The van der Waals surface area contributed by atoms with Crippen molar-refractivity contribution in [1.82, 2.24) is 0 Å². The maximum Gasteiger partial charge on any atom is 0.123 e. The van der Waals surface area contributed by atoms with Crippen molar-refractivity contribution in [2.45, 2.75) is 86.8 Å². The molecule has 2 fully saturated rings. The summed E-state index contributed by atoms with van der Waals surface area (Å²) in [5.41, 5.74) is 8.69. The third kappa shape index (κ3) is 6.44. The first kappa shape index (κ1) is 33.7. The number of fused-ring (bicyclic) bond motifs is 2. The van der Waals surface area contributed by atoms with Crippen LogP contribution in [0.5, 0.6) is 0 Å². The molecule has 0 nitrogen and oxygen atoms in total. The summed E-state index contributed by atoms with van der Waals surface area (Å²) < 4.78 is 29.0. The van der Waals surface area contributed by atoms with Crippen molar-refractivity contribution >= 4 is 38.7 Å². The molecule has 0 bridgehead atoms. The molecule has 0 N–H and O–H groups in total. The van der Waals surface area contributed by atoms with Gasteiger partial charge in [-0.25, -0.2) is 8.78 Å². The average Bonchev–Trinajstić information content (AvgIpc) is 3.17. The average molecular weight is 699 g/mol. The van der Waals surface area contributed by atoms with Gasteiger partial charge >= 0.3 is 0 Å². The lowest BCUT2D eigenvalue weighted by atomic mass is 9.77. The van der Waals surface area contributed by atoms with Crippen LogP contribution >= 0.6 is 17.2 Å². The minimum atomic E-state index is -0.771. The molecule has 8 rings (SSSR count). The van der Waals surface area contributed by atoms with Gasteiger partial charge in [-0.2, -0.15) is 0 Å². The first-order valence-corrected chi connectivity index (χ1v) is 20.8. The van der Waals surface area contributed by atoms with Crippen LogP contribution in [0.3, 0.4) is 0 Å². The number of hydrogen-bond donors (Lipinski definition) is 0. The highest BCUT2D eigenvalue weighted by Gasteiger charge is 2.37. The molecular formula is C46H46F2P2. The molecule has 2 saturated carbocycles. The largest absolute Gasteiger partial charge is 0.207 e. The number of benzene rings is 6. The summed E-state index contributed by atoms with van der Waals surface area (Å²) in [7, 11) is 2.96. The molecule has 0 radical (unpaired) electrons. The van der Waals surface area contributed by atoms with Crippen LogP contribution in [0.4, 0.5) is 8.78 Å². The summed E-state index contributed by atoms with van der Waals surface area (Å²) in [4.78, 5) is 0. The summed E-state index contributed by atoms with van der Waals surface area (Å²) in [6.45, 7) is 0. The Morgan fingerprint density at radius 3 is 1.50 bits per heavy atom. The number of rotatable bonds is 8. The van der Waals surface area contributed by atoms with E-state index in [1.54, 1.807) is 24.3 Å². The Kier molecular flexibility index (Phi) is 9.88. The van der Waals surface area contributed by atoms with E-state index in [1.807, 2.05) is 24.3 Å². The maximum absolute atomic E-state index is 14.5. The molecule has 0 amide bonds. The highest BCUT2D eigenvalue weighted by molar-refractivity contribution is 7.58. The van der Waals surface area contributed by atoms with E-state index >= 15 is 0 Å². The van der Waals surface area contributed by atoms with E-state index in [2.05, 4.69) is 82.0 Å². The minimum absolute atomic E-state index is 0.200. The monoisotopic (exact) mass is 698 g/mol. The Bertz CT molecular complexity index is 2030. The summed E-state index contributed by atoms with van der Waals surface area (Å²) >= 11 is 0. The van der Waals surface area contributed by atoms with Gasteiger partial charge in [0.1, 0.15) is 11.6 Å². The topological polar surface area (TPSA) is 0 Å². The molecule has 0 saturated heterocycles. The molecule has 6 aromatic carbocycles. The van der Waals surface area contributed by atoms with Crippen molar-refractivity contribution in [2.24, 2.45) is 0 Å². The highest BCUT2D eigenvalue weighted by atomic mass is 31.1. The van der Waals surface area contributed by atoms with E-state index in [0.717, 1.165) is 34.2 Å². The van der Waals surface area contributed by atoms with Gasteiger partial charge in [0.05, 0.1) is 5.16 Å². The predicted octanol–water partition coefficient (Wildman–Crippen LogP) is 13.8. The van der Waals surface area contributed by atoms with Gasteiger partial charge in [-0.15, -0.1) is 9.24 Å². The van der Waals surface area contributed by atoms with Gasteiger partial charge in [-0.3, -0.25) is 0 Å². The van der Waals surface area contributed by atoms with Crippen molar-refractivity contribution in [2.75, 3.05) is 0 Å². The van der Waals surface area contributed by atoms with Crippen molar-refractivity contribution in [3.8, 4) is 11.1 Å². The van der Waals surface area contributed by atoms with Crippen LogP contribution in [0.2, 0.25) is 0 Å². The first-order valence-electron chi connectivity index (χ1n) is 18.6. The smallest absolute Gasteiger partial charge is 0.123 e. The number of hydrogen-bond acceptors (Lipinski definition) is 0. The fourth-order valence-corrected chi connectivity index (χ4v) is 13.5. The summed E-state index contributed by atoms with van der Waals surface area (Å²) in [5.74, 6) is -0.539. The van der Waals surface area contributed by atoms with Crippen molar-refractivity contribution in [3.05, 3.63) is 155 Å². The zero-order valence-electron chi connectivity index (χ0n) is 28.8. The van der Waals surface area contributed by atoms with E-state index in [0.29, 0.717) is 0 Å². The van der Waals surface area contributed by atoms with E-state index in [1.165, 1.54) is 102 Å². The second-order valence-electron chi connectivity index (χ2n) is 14.6. The molecule has 50 heavy (non-hydrogen) atoms. The van der Waals surface area contributed by atoms with Crippen molar-refractivity contribution in [3.63, 3.8) is 0 Å². The maximum atomic E-state index is 14.5. The van der Waals surface area contributed by atoms with Gasteiger partial charge in [0.2, 0.25) is 0 Å². The van der Waals surface area contributed by atoms with Crippen molar-refractivity contribution in [1.29, 1.82) is 0 Å². The Morgan fingerprint density at radius 1 is 0.520 bits per heavy atom. The molecular weight excluding hydrogens is 652 g/mol. The summed E-state index contributed by atoms with van der Waals surface area (Å²) in [6.07, 6.45) is 14.9. The van der Waals surface area contributed by atoms with E-state index in [9.17, 15) is 8.78 Å². The van der Waals surface area contributed by atoms with Crippen LogP contribution in [0, 0.1) is 11.6 Å². The van der Waals surface area contributed by atoms with Gasteiger partial charge in [-0.1, -0.05) is 144 Å². The lowest BCUT2D eigenvalue weighted by molar-refractivity contribution is 0.484. The second kappa shape index (κ2) is 14.7. The molecule has 0 spiro atoms. The lowest BCUT2D eigenvalue weighted by Crippen LogP contribution is -2.23. The lowest BCUT2D eigenvalue weighted by Gasteiger charge is -2.39. The highest BCUT2D eigenvalue weighted by Crippen LogP contribution is 2.60. The molecule has 2 aliphatic rings. The van der Waals surface area contributed by atoms with Crippen molar-refractivity contribution < 1.29 is 8.78 Å². The van der Waals surface area contributed by atoms with Crippen LogP contribution in [0.1, 0.15) is 86.5 Å². The summed E-state index contributed by atoms with van der Waals surface area (Å²) in [6, 6.07) is 40.7. The molecule has 0 aromatic heterocycles. The third-order valence-corrected chi connectivity index (χ3v) is 16.3. The first-order chi connectivity index (χ1) is 24.5. The SMILES string of the molecule is Fc1ccc(C(P)(c2ccc(F)cc2)c2ccc3ccccc3c2-c2c(CP(C3CCCCC3)C3CCCCC3)ccc3ccccc23)cc1. The van der Waals surface area contributed by atoms with E-state index < -0.39 is 5.16 Å². The van der Waals surface area contributed by atoms with Crippen LogP contribution in [0.15, 0.2) is 121 Å². The fourth-order valence-electron chi connectivity index (χ4n) is 9.09.